The Hall–Kier alpha value is -3.45. The fourth-order valence-corrected chi connectivity index (χ4v) is 2.66. The fraction of sp³-hybridized carbons (Fsp3) is 0.190. The van der Waals surface area contributed by atoms with E-state index in [1.54, 1.807) is 18.2 Å². The SMILES string of the molecule is COC(=O)N(OC)c1ccccc1COc1cccc(-c2cccc(C)n2)n1. The Kier molecular flexibility index (Phi) is 6.18. The lowest BCUT2D eigenvalue weighted by Gasteiger charge is -2.21. The molecule has 0 radical (unpaired) electrons. The van der Waals surface area contributed by atoms with Crippen LogP contribution in [0.5, 0.6) is 5.88 Å². The van der Waals surface area contributed by atoms with Crippen LogP contribution >= 0.6 is 0 Å². The van der Waals surface area contributed by atoms with E-state index in [2.05, 4.69) is 9.97 Å². The van der Waals surface area contributed by atoms with Gasteiger partial charge >= 0.3 is 6.09 Å². The molecular weight excluding hydrogens is 358 g/mol. The molecule has 0 atom stereocenters. The quantitative estimate of drug-likeness (QED) is 0.599. The van der Waals surface area contributed by atoms with Crippen LogP contribution in [-0.2, 0) is 16.2 Å². The van der Waals surface area contributed by atoms with Crippen LogP contribution in [0.4, 0.5) is 10.5 Å². The van der Waals surface area contributed by atoms with Gasteiger partial charge in [-0.2, -0.15) is 5.06 Å². The summed E-state index contributed by atoms with van der Waals surface area (Å²) < 4.78 is 10.6. The molecule has 0 saturated heterocycles. The number of aromatic nitrogens is 2. The first-order chi connectivity index (χ1) is 13.6. The fourth-order valence-electron chi connectivity index (χ4n) is 2.66. The van der Waals surface area contributed by atoms with Crippen LogP contribution < -0.4 is 9.80 Å². The van der Waals surface area contributed by atoms with E-state index in [0.717, 1.165) is 27.7 Å². The Labute approximate surface area is 163 Å². The number of anilines is 1. The van der Waals surface area contributed by atoms with Crippen molar-refractivity contribution < 1.29 is 19.1 Å². The molecule has 144 valence electrons. The Morgan fingerprint density at radius 2 is 1.64 bits per heavy atom. The molecule has 0 bridgehead atoms. The minimum absolute atomic E-state index is 0.199. The van der Waals surface area contributed by atoms with Gasteiger partial charge in [-0.1, -0.05) is 30.3 Å². The number of pyridine rings is 2. The van der Waals surface area contributed by atoms with E-state index in [1.165, 1.54) is 14.2 Å². The van der Waals surface area contributed by atoms with E-state index in [4.69, 9.17) is 14.3 Å². The van der Waals surface area contributed by atoms with Gasteiger partial charge in [-0.25, -0.2) is 9.78 Å². The Morgan fingerprint density at radius 1 is 0.929 bits per heavy atom. The summed E-state index contributed by atoms with van der Waals surface area (Å²) in [5.41, 5.74) is 3.70. The van der Waals surface area contributed by atoms with Crippen molar-refractivity contribution in [1.29, 1.82) is 0 Å². The number of hydrogen-bond acceptors (Lipinski definition) is 6. The molecule has 0 saturated carbocycles. The largest absolute Gasteiger partial charge is 0.473 e. The number of carbonyl (C=O) groups is 1. The first-order valence-corrected chi connectivity index (χ1v) is 8.66. The van der Waals surface area contributed by atoms with E-state index in [1.807, 2.05) is 49.4 Å². The van der Waals surface area contributed by atoms with Crippen LogP contribution in [0.15, 0.2) is 60.7 Å². The summed E-state index contributed by atoms with van der Waals surface area (Å²) >= 11 is 0. The summed E-state index contributed by atoms with van der Waals surface area (Å²) in [5.74, 6) is 0.456. The average molecular weight is 379 g/mol. The zero-order valence-electron chi connectivity index (χ0n) is 16.0. The number of rotatable bonds is 6. The van der Waals surface area contributed by atoms with Gasteiger partial charge in [-0.3, -0.25) is 9.82 Å². The standard InChI is InChI=1S/C21H21N3O4/c1-15-8-6-10-17(22-15)18-11-7-13-20(23-18)28-14-16-9-4-5-12-19(16)24(27-3)21(25)26-2/h4-13H,14H2,1-3H3. The lowest BCUT2D eigenvalue weighted by Crippen LogP contribution is -2.30. The molecule has 28 heavy (non-hydrogen) atoms. The van der Waals surface area contributed by atoms with Gasteiger partial charge in [0, 0.05) is 17.3 Å². The third-order valence-corrected chi connectivity index (χ3v) is 3.98. The number of hydrogen-bond donors (Lipinski definition) is 0. The summed E-state index contributed by atoms with van der Waals surface area (Å²) in [5, 5.41) is 1.07. The first kappa shape index (κ1) is 19.3. The van der Waals surface area contributed by atoms with Crippen molar-refractivity contribution in [2.45, 2.75) is 13.5 Å². The number of benzene rings is 1. The van der Waals surface area contributed by atoms with Gasteiger partial charge < -0.3 is 9.47 Å². The number of carbonyl (C=O) groups excluding carboxylic acids is 1. The molecule has 1 amide bonds. The molecule has 7 heteroatoms. The highest BCUT2D eigenvalue weighted by molar-refractivity contribution is 5.86. The second-order valence-corrected chi connectivity index (χ2v) is 5.89. The minimum Gasteiger partial charge on any atom is -0.473 e. The van der Waals surface area contributed by atoms with Gasteiger partial charge in [0.2, 0.25) is 5.88 Å². The number of amides is 1. The van der Waals surface area contributed by atoms with Crippen molar-refractivity contribution in [2.75, 3.05) is 19.3 Å². The highest BCUT2D eigenvalue weighted by Gasteiger charge is 2.19. The van der Waals surface area contributed by atoms with Crippen LogP contribution in [0.3, 0.4) is 0 Å². The summed E-state index contributed by atoms with van der Waals surface area (Å²) in [7, 11) is 2.69. The lowest BCUT2D eigenvalue weighted by molar-refractivity contribution is 0.115. The van der Waals surface area contributed by atoms with E-state index >= 15 is 0 Å². The second kappa shape index (κ2) is 8.96. The summed E-state index contributed by atoms with van der Waals surface area (Å²) in [6.45, 7) is 2.13. The molecular formula is C21H21N3O4. The molecule has 3 rings (SSSR count). The summed E-state index contributed by atoms with van der Waals surface area (Å²) in [6.07, 6.45) is -0.624. The summed E-state index contributed by atoms with van der Waals surface area (Å²) in [6, 6.07) is 18.5. The molecule has 7 nitrogen and oxygen atoms in total. The second-order valence-electron chi connectivity index (χ2n) is 5.89. The predicted molar refractivity (Wildman–Crippen MR) is 105 cm³/mol. The van der Waals surface area contributed by atoms with Crippen molar-refractivity contribution in [3.05, 3.63) is 71.9 Å². The minimum atomic E-state index is -0.624. The van der Waals surface area contributed by atoms with Crippen molar-refractivity contribution in [3.8, 4) is 17.3 Å². The van der Waals surface area contributed by atoms with Crippen molar-refractivity contribution in [3.63, 3.8) is 0 Å². The highest BCUT2D eigenvalue weighted by Crippen LogP contribution is 2.24. The Morgan fingerprint density at radius 3 is 2.36 bits per heavy atom. The number of ether oxygens (including phenoxy) is 2. The maximum atomic E-state index is 11.9. The number of nitrogens with zero attached hydrogens (tertiary/aromatic N) is 3. The number of aryl methyl sites for hydroxylation is 1. The highest BCUT2D eigenvalue weighted by atomic mass is 16.7. The molecule has 0 aliphatic rings. The number of methoxy groups -OCH3 is 1. The van der Waals surface area contributed by atoms with Gasteiger partial charge in [-0.05, 0) is 31.2 Å². The molecule has 0 aliphatic carbocycles. The van der Waals surface area contributed by atoms with Crippen LogP contribution in [0, 0.1) is 6.92 Å². The molecule has 3 aromatic rings. The predicted octanol–water partition coefficient (Wildman–Crippen LogP) is 4.17. The van der Waals surface area contributed by atoms with Crippen LogP contribution in [0.1, 0.15) is 11.3 Å². The number of hydroxylamine groups is 1. The van der Waals surface area contributed by atoms with Gasteiger partial charge in [0.15, 0.2) is 0 Å². The topological polar surface area (TPSA) is 73.8 Å². The van der Waals surface area contributed by atoms with Crippen molar-refractivity contribution in [2.24, 2.45) is 0 Å². The monoisotopic (exact) mass is 379 g/mol. The lowest BCUT2D eigenvalue weighted by atomic mass is 10.2. The third kappa shape index (κ3) is 4.44. The Balaban J connectivity index is 1.80. The maximum absolute atomic E-state index is 11.9. The molecule has 2 heterocycles. The molecule has 0 N–H and O–H groups in total. The van der Waals surface area contributed by atoms with E-state index in [9.17, 15) is 4.79 Å². The molecule has 0 fully saturated rings. The molecule has 2 aromatic heterocycles. The first-order valence-electron chi connectivity index (χ1n) is 8.66. The zero-order valence-corrected chi connectivity index (χ0v) is 16.0. The molecule has 0 aliphatic heterocycles. The van der Waals surface area contributed by atoms with Gasteiger partial charge in [0.05, 0.1) is 31.3 Å². The van der Waals surface area contributed by atoms with Crippen molar-refractivity contribution >= 4 is 11.8 Å². The van der Waals surface area contributed by atoms with Gasteiger partial charge in [-0.15, -0.1) is 0 Å². The maximum Gasteiger partial charge on any atom is 0.438 e. The smallest absolute Gasteiger partial charge is 0.438 e. The van der Waals surface area contributed by atoms with Crippen LogP contribution in [-0.4, -0.2) is 30.3 Å². The molecule has 0 spiro atoms. The third-order valence-electron chi connectivity index (χ3n) is 3.98. The molecule has 0 unspecified atom stereocenters. The van der Waals surface area contributed by atoms with E-state index < -0.39 is 6.09 Å². The van der Waals surface area contributed by atoms with Crippen LogP contribution in [0.2, 0.25) is 0 Å². The normalized spacial score (nSPS) is 10.4. The Bertz CT molecular complexity index is 962. The zero-order chi connectivity index (χ0) is 19.9. The number of para-hydroxylation sites is 1. The van der Waals surface area contributed by atoms with Gasteiger partial charge in [0.25, 0.3) is 0 Å². The van der Waals surface area contributed by atoms with Crippen molar-refractivity contribution in [1.82, 2.24) is 9.97 Å². The van der Waals surface area contributed by atoms with E-state index in [-0.39, 0.29) is 6.61 Å². The average Bonchev–Trinajstić information content (AvgIpc) is 2.73. The summed E-state index contributed by atoms with van der Waals surface area (Å²) in [4.78, 5) is 26.1. The van der Waals surface area contributed by atoms with E-state index in [0.29, 0.717) is 11.6 Å². The molecule has 1 aromatic carbocycles. The van der Waals surface area contributed by atoms with Gasteiger partial charge in [0.1, 0.15) is 6.61 Å². The van der Waals surface area contributed by atoms with Crippen LogP contribution in [0.25, 0.3) is 11.4 Å².